The molecule has 0 aromatic carbocycles. The van der Waals surface area contributed by atoms with Crippen molar-refractivity contribution in [3.8, 4) is 0 Å². The number of halogens is 2. The van der Waals surface area contributed by atoms with Gasteiger partial charge >= 0.3 is 0 Å². The molecule has 0 saturated carbocycles. The largest absolute Gasteiger partial charge is 0.311 e. The Morgan fingerprint density at radius 3 is 2.36 bits per heavy atom. The van der Waals surface area contributed by atoms with Crippen molar-refractivity contribution < 1.29 is 8.78 Å². The first-order valence-corrected chi connectivity index (χ1v) is 4.21. The van der Waals surface area contributed by atoms with Crippen LogP contribution in [0.4, 0.5) is 8.78 Å². The van der Waals surface area contributed by atoms with E-state index in [0.29, 0.717) is 6.54 Å². The van der Waals surface area contributed by atoms with Crippen molar-refractivity contribution in [3.05, 3.63) is 0 Å². The fraction of sp³-hybridized carbons (Fsp3) is 1.00. The lowest BCUT2D eigenvalue weighted by atomic mass is 10.2. The molecule has 0 fully saturated rings. The molecule has 0 radical (unpaired) electrons. The highest BCUT2D eigenvalue weighted by molar-refractivity contribution is 4.66. The van der Waals surface area contributed by atoms with E-state index < -0.39 is 5.92 Å². The van der Waals surface area contributed by atoms with Gasteiger partial charge in [-0.2, -0.15) is 0 Å². The van der Waals surface area contributed by atoms with Gasteiger partial charge in [-0.3, -0.25) is 0 Å². The molecule has 3 heteroatoms. The summed E-state index contributed by atoms with van der Waals surface area (Å²) in [6, 6.07) is 0. The number of nitrogens with one attached hydrogen (secondary N) is 1. The zero-order chi connectivity index (χ0) is 8.74. The summed E-state index contributed by atoms with van der Waals surface area (Å²) < 4.78 is 25.0. The van der Waals surface area contributed by atoms with Crippen LogP contribution in [0.2, 0.25) is 0 Å². The highest BCUT2D eigenvalue weighted by Gasteiger charge is 2.24. The first-order valence-electron chi connectivity index (χ1n) is 4.21. The van der Waals surface area contributed by atoms with Gasteiger partial charge in [0.1, 0.15) is 0 Å². The molecule has 0 aliphatic rings. The van der Waals surface area contributed by atoms with Gasteiger partial charge in [-0.1, -0.05) is 20.3 Å². The highest BCUT2D eigenvalue weighted by Crippen LogP contribution is 2.15. The molecule has 1 nitrogen and oxygen atoms in total. The minimum atomic E-state index is -2.52. The summed E-state index contributed by atoms with van der Waals surface area (Å²) in [6.45, 7) is 4.07. The van der Waals surface area contributed by atoms with Gasteiger partial charge in [0.2, 0.25) is 0 Å². The van der Waals surface area contributed by atoms with Crippen molar-refractivity contribution >= 4 is 0 Å². The zero-order valence-electron chi connectivity index (χ0n) is 7.29. The van der Waals surface area contributed by atoms with E-state index in [0.717, 1.165) is 12.8 Å². The van der Waals surface area contributed by atoms with E-state index >= 15 is 0 Å². The smallest absolute Gasteiger partial charge is 0.260 e. The minimum absolute atomic E-state index is 0.0773. The fourth-order valence-electron chi connectivity index (χ4n) is 0.698. The third-order valence-corrected chi connectivity index (χ3v) is 1.61. The Labute approximate surface area is 67.2 Å². The van der Waals surface area contributed by atoms with Crippen molar-refractivity contribution in [2.45, 2.75) is 39.0 Å². The molecule has 0 aromatic heterocycles. The van der Waals surface area contributed by atoms with Gasteiger partial charge in [0.15, 0.2) is 0 Å². The Bertz CT molecular complexity index is 94.1. The Balaban J connectivity index is 3.23. The average Bonchev–Trinajstić information content (AvgIpc) is 1.99. The maximum atomic E-state index is 12.5. The van der Waals surface area contributed by atoms with E-state index in [1.165, 1.54) is 6.92 Å². The van der Waals surface area contributed by atoms with Crippen LogP contribution in [0.5, 0.6) is 0 Å². The van der Waals surface area contributed by atoms with Crippen LogP contribution in [0.1, 0.15) is 33.1 Å². The van der Waals surface area contributed by atoms with Crippen LogP contribution < -0.4 is 5.32 Å². The molecule has 0 bridgehead atoms. The molecule has 1 N–H and O–H groups in total. The topological polar surface area (TPSA) is 12.0 Å². The lowest BCUT2D eigenvalue weighted by molar-refractivity contribution is -0.00143. The molecular weight excluding hydrogens is 148 g/mol. The molecule has 0 rings (SSSR count). The predicted octanol–water partition coefficient (Wildman–Crippen LogP) is 2.42. The van der Waals surface area contributed by atoms with Gasteiger partial charge in [0.05, 0.1) is 6.54 Å². The van der Waals surface area contributed by atoms with Crippen LogP contribution in [0.15, 0.2) is 0 Å². The van der Waals surface area contributed by atoms with E-state index in [1.54, 1.807) is 0 Å². The van der Waals surface area contributed by atoms with E-state index in [4.69, 9.17) is 0 Å². The first kappa shape index (κ1) is 10.8. The van der Waals surface area contributed by atoms with Crippen LogP contribution in [-0.2, 0) is 0 Å². The fourth-order valence-corrected chi connectivity index (χ4v) is 0.698. The van der Waals surface area contributed by atoms with Crippen molar-refractivity contribution in [2.75, 3.05) is 13.1 Å². The van der Waals surface area contributed by atoms with Crippen molar-refractivity contribution in [1.29, 1.82) is 0 Å². The molecular formula is C8H17F2N. The van der Waals surface area contributed by atoms with Gasteiger partial charge in [-0.25, -0.2) is 8.78 Å². The van der Waals surface area contributed by atoms with E-state index in [-0.39, 0.29) is 13.0 Å². The molecule has 11 heavy (non-hydrogen) atoms. The van der Waals surface area contributed by atoms with Gasteiger partial charge in [-0.15, -0.1) is 0 Å². The average molecular weight is 165 g/mol. The lowest BCUT2D eigenvalue weighted by Gasteiger charge is -2.14. The molecule has 68 valence electrons. The maximum absolute atomic E-state index is 12.5. The standard InChI is InChI=1S/C8H17F2N/c1-3-5-6-11-7-8(9,10)4-2/h11H,3-7H2,1-2H3. The third-order valence-electron chi connectivity index (χ3n) is 1.61. The molecule has 0 aromatic rings. The van der Waals surface area contributed by atoms with E-state index in [1.807, 2.05) is 6.92 Å². The van der Waals surface area contributed by atoms with E-state index in [9.17, 15) is 8.78 Å². The van der Waals surface area contributed by atoms with Gasteiger partial charge in [0, 0.05) is 6.42 Å². The summed E-state index contributed by atoms with van der Waals surface area (Å²) in [7, 11) is 0. The molecule has 0 amide bonds. The highest BCUT2D eigenvalue weighted by atomic mass is 19.3. The predicted molar refractivity (Wildman–Crippen MR) is 43.0 cm³/mol. The molecule has 0 unspecified atom stereocenters. The SMILES string of the molecule is CCCCNCC(F)(F)CC. The second kappa shape index (κ2) is 5.47. The summed E-state index contributed by atoms with van der Waals surface area (Å²) in [5.74, 6) is -2.52. The van der Waals surface area contributed by atoms with E-state index in [2.05, 4.69) is 5.32 Å². The van der Waals surface area contributed by atoms with Crippen LogP contribution in [0.25, 0.3) is 0 Å². The molecule has 0 saturated heterocycles. The van der Waals surface area contributed by atoms with Crippen LogP contribution in [-0.4, -0.2) is 19.0 Å². The second-order valence-corrected chi connectivity index (χ2v) is 2.74. The summed E-state index contributed by atoms with van der Waals surface area (Å²) in [5, 5.41) is 2.73. The summed E-state index contributed by atoms with van der Waals surface area (Å²) in [6.07, 6.45) is 1.94. The number of hydrogen-bond donors (Lipinski definition) is 1. The second-order valence-electron chi connectivity index (χ2n) is 2.74. The van der Waals surface area contributed by atoms with Crippen molar-refractivity contribution in [3.63, 3.8) is 0 Å². The first-order chi connectivity index (χ1) is 5.12. The zero-order valence-corrected chi connectivity index (χ0v) is 7.29. The maximum Gasteiger partial charge on any atom is 0.260 e. The molecule has 0 atom stereocenters. The number of rotatable bonds is 6. The minimum Gasteiger partial charge on any atom is -0.311 e. The Morgan fingerprint density at radius 2 is 1.91 bits per heavy atom. The Kier molecular flexibility index (Phi) is 5.38. The number of unbranched alkanes of at least 4 members (excludes halogenated alkanes) is 1. The van der Waals surface area contributed by atoms with Gasteiger partial charge < -0.3 is 5.32 Å². The summed E-state index contributed by atoms with van der Waals surface area (Å²) in [5.41, 5.74) is 0. The monoisotopic (exact) mass is 165 g/mol. The van der Waals surface area contributed by atoms with Gasteiger partial charge in [-0.05, 0) is 13.0 Å². The summed E-state index contributed by atoms with van der Waals surface area (Å²) >= 11 is 0. The number of alkyl halides is 2. The van der Waals surface area contributed by atoms with Crippen molar-refractivity contribution in [1.82, 2.24) is 5.32 Å². The third kappa shape index (κ3) is 6.23. The summed E-state index contributed by atoms with van der Waals surface area (Å²) in [4.78, 5) is 0. The lowest BCUT2D eigenvalue weighted by Crippen LogP contribution is -2.32. The van der Waals surface area contributed by atoms with Crippen LogP contribution >= 0.6 is 0 Å². The Morgan fingerprint density at radius 1 is 1.27 bits per heavy atom. The quantitative estimate of drug-likeness (QED) is 0.596. The van der Waals surface area contributed by atoms with Crippen LogP contribution in [0, 0.1) is 0 Å². The molecule has 0 heterocycles. The normalized spacial score (nSPS) is 12.0. The molecule has 0 aliphatic heterocycles. The number of hydrogen-bond acceptors (Lipinski definition) is 1. The molecule has 0 aliphatic carbocycles. The van der Waals surface area contributed by atoms with Gasteiger partial charge in [0.25, 0.3) is 5.92 Å². The molecule has 0 spiro atoms. The van der Waals surface area contributed by atoms with Crippen molar-refractivity contribution in [2.24, 2.45) is 0 Å². The van der Waals surface area contributed by atoms with Crippen LogP contribution in [0.3, 0.4) is 0 Å². The Hall–Kier alpha value is -0.180.